The lowest BCUT2D eigenvalue weighted by Crippen LogP contribution is -2.41. The number of benzene rings is 1. The Morgan fingerprint density at radius 2 is 2.00 bits per heavy atom. The zero-order chi connectivity index (χ0) is 20.3. The molecule has 1 aromatic rings. The molecule has 2 aliphatic rings. The molecule has 7 heteroatoms. The van der Waals surface area contributed by atoms with E-state index in [2.05, 4.69) is 19.9 Å². The molecular weight excluding hydrogens is 362 g/mol. The molecular formula is C21H27NO6. The van der Waals surface area contributed by atoms with Gasteiger partial charge in [0, 0.05) is 18.2 Å². The molecule has 7 nitrogen and oxygen atoms in total. The molecule has 0 unspecified atom stereocenters. The lowest BCUT2D eigenvalue weighted by molar-refractivity contribution is -0.144. The first-order valence-corrected chi connectivity index (χ1v) is 9.55. The molecule has 3 atom stereocenters. The standard InChI is InChI=1S/C21H27NO6/c1-13(2)16-6-4-3-5-14(16)11-27-12-15-9-22(20(26)7-17(15)24)21-8-18(25)19(10-23)28-21/h3-6,9,13,18-19,21,23,25H,7-8,10-12H2,1-2H3/t18-,19-,21-/m1/s1. The molecule has 0 spiro atoms. The van der Waals surface area contributed by atoms with E-state index in [1.807, 2.05) is 18.2 Å². The summed E-state index contributed by atoms with van der Waals surface area (Å²) in [5.74, 6) is -0.279. The van der Waals surface area contributed by atoms with Crippen molar-refractivity contribution in [3.05, 3.63) is 47.2 Å². The maximum atomic E-state index is 12.2. The van der Waals surface area contributed by atoms with Gasteiger partial charge in [0.15, 0.2) is 5.78 Å². The second kappa shape index (κ2) is 8.96. The molecule has 0 bridgehead atoms. The zero-order valence-corrected chi connectivity index (χ0v) is 16.2. The molecule has 0 aromatic heterocycles. The number of hydrogen-bond acceptors (Lipinski definition) is 6. The Kier molecular flexibility index (Phi) is 6.61. The van der Waals surface area contributed by atoms with Gasteiger partial charge in [-0.3, -0.25) is 14.5 Å². The van der Waals surface area contributed by atoms with Gasteiger partial charge in [0.25, 0.3) is 0 Å². The van der Waals surface area contributed by atoms with Crippen molar-refractivity contribution in [3.8, 4) is 0 Å². The van der Waals surface area contributed by atoms with E-state index < -0.39 is 18.4 Å². The van der Waals surface area contributed by atoms with Crippen LogP contribution in [-0.4, -0.2) is 58.5 Å². The second-order valence-electron chi connectivity index (χ2n) is 7.52. The molecule has 2 heterocycles. The summed E-state index contributed by atoms with van der Waals surface area (Å²) in [6.07, 6.45) is -0.865. The molecule has 0 radical (unpaired) electrons. The molecule has 1 saturated heterocycles. The Labute approximate surface area is 164 Å². The third-order valence-corrected chi connectivity index (χ3v) is 5.14. The van der Waals surface area contributed by atoms with Crippen LogP contribution < -0.4 is 0 Å². The topological polar surface area (TPSA) is 96.3 Å². The average molecular weight is 389 g/mol. The molecule has 2 N–H and O–H groups in total. The predicted octanol–water partition coefficient (Wildman–Crippen LogP) is 1.48. The third kappa shape index (κ3) is 4.50. The first-order valence-electron chi connectivity index (χ1n) is 9.55. The van der Waals surface area contributed by atoms with E-state index in [1.54, 1.807) is 0 Å². The lowest BCUT2D eigenvalue weighted by Gasteiger charge is -2.29. The van der Waals surface area contributed by atoms with E-state index >= 15 is 0 Å². The van der Waals surface area contributed by atoms with Crippen LogP contribution in [0.5, 0.6) is 0 Å². The number of carbonyl (C=O) groups excluding carboxylic acids is 2. The van der Waals surface area contributed by atoms with Gasteiger partial charge in [-0.2, -0.15) is 0 Å². The Morgan fingerprint density at radius 3 is 2.68 bits per heavy atom. The molecule has 1 amide bonds. The van der Waals surface area contributed by atoms with Gasteiger partial charge in [-0.1, -0.05) is 38.1 Å². The van der Waals surface area contributed by atoms with E-state index in [0.717, 1.165) is 5.56 Å². The fraction of sp³-hybridized carbons (Fsp3) is 0.524. The largest absolute Gasteiger partial charge is 0.394 e. The van der Waals surface area contributed by atoms with Crippen LogP contribution in [0.4, 0.5) is 0 Å². The van der Waals surface area contributed by atoms with Crippen LogP contribution in [0.3, 0.4) is 0 Å². The number of rotatable bonds is 7. The monoisotopic (exact) mass is 389 g/mol. The minimum atomic E-state index is -0.846. The van der Waals surface area contributed by atoms with Crippen LogP contribution in [0, 0.1) is 0 Å². The van der Waals surface area contributed by atoms with Gasteiger partial charge >= 0.3 is 0 Å². The maximum Gasteiger partial charge on any atom is 0.236 e. The van der Waals surface area contributed by atoms with Crippen molar-refractivity contribution in [1.29, 1.82) is 0 Å². The molecule has 28 heavy (non-hydrogen) atoms. The van der Waals surface area contributed by atoms with Crippen LogP contribution in [0.1, 0.15) is 43.7 Å². The van der Waals surface area contributed by atoms with Crippen molar-refractivity contribution in [2.75, 3.05) is 13.2 Å². The van der Waals surface area contributed by atoms with Crippen molar-refractivity contribution in [1.82, 2.24) is 4.90 Å². The van der Waals surface area contributed by atoms with Crippen molar-refractivity contribution in [3.63, 3.8) is 0 Å². The summed E-state index contributed by atoms with van der Waals surface area (Å²) in [4.78, 5) is 25.8. The number of ether oxygens (including phenoxy) is 2. The number of carbonyl (C=O) groups is 2. The SMILES string of the molecule is CC(C)c1ccccc1COCC1=CN([C@H]2C[C@@H](O)[C@@H](CO)O2)C(=O)CC1=O. The van der Waals surface area contributed by atoms with E-state index in [1.165, 1.54) is 16.7 Å². The van der Waals surface area contributed by atoms with Crippen LogP contribution >= 0.6 is 0 Å². The van der Waals surface area contributed by atoms with E-state index in [4.69, 9.17) is 9.47 Å². The summed E-state index contributed by atoms with van der Waals surface area (Å²) in [7, 11) is 0. The smallest absolute Gasteiger partial charge is 0.236 e. The van der Waals surface area contributed by atoms with E-state index in [9.17, 15) is 19.8 Å². The van der Waals surface area contributed by atoms with Crippen molar-refractivity contribution in [2.24, 2.45) is 0 Å². The second-order valence-corrected chi connectivity index (χ2v) is 7.52. The number of Topliss-reactive ketones (excluding diaryl/α,β-unsaturated/α-hetero) is 1. The zero-order valence-electron chi connectivity index (χ0n) is 16.2. The number of nitrogens with zero attached hydrogens (tertiary/aromatic N) is 1. The molecule has 1 aromatic carbocycles. The van der Waals surface area contributed by atoms with Crippen LogP contribution in [0.25, 0.3) is 0 Å². The minimum absolute atomic E-state index is 0.0910. The van der Waals surface area contributed by atoms with Gasteiger partial charge in [-0.05, 0) is 17.0 Å². The van der Waals surface area contributed by atoms with Crippen LogP contribution in [-0.2, 0) is 25.7 Å². The first kappa shape index (κ1) is 20.7. The maximum absolute atomic E-state index is 12.2. The van der Waals surface area contributed by atoms with Crippen molar-refractivity contribution >= 4 is 11.7 Å². The molecule has 0 saturated carbocycles. The Balaban J connectivity index is 1.66. The molecule has 2 aliphatic heterocycles. The van der Waals surface area contributed by atoms with Crippen LogP contribution in [0.2, 0.25) is 0 Å². The predicted molar refractivity (Wildman–Crippen MR) is 101 cm³/mol. The Morgan fingerprint density at radius 1 is 1.25 bits per heavy atom. The van der Waals surface area contributed by atoms with Gasteiger partial charge in [0.05, 0.1) is 32.3 Å². The highest BCUT2D eigenvalue weighted by molar-refractivity contribution is 6.09. The normalized spacial score (nSPS) is 25.5. The summed E-state index contributed by atoms with van der Waals surface area (Å²) in [6, 6.07) is 8.02. The van der Waals surface area contributed by atoms with Crippen molar-refractivity contribution < 1.29 is 29.3 Å². The highest BCUT2D eigenvalue weighted by Gasteiger charge is 2.40. The van der Waals surface area contributed by atoms with E-state index in [-0.39, 0.29) is 37.7 Å². The molecule has 152 valence electrons. The number of ketones is 1. The number of aliphatic hydroxyl groups is 2. The van der Waals surface area contributed by atoms with Gasteiger partial charge in [-0.15, -0.1) is 0 Å². The summed E-state index contributed by atoms with van der Waals surface area (Å²) >= 11 is 0. The van der Waals surface area contributed by atoms with Crippen molar-refractivity contribution in [2.45, 2.75) is 57.6 Å². The number of aliphatic hydroxyl groups excluding tert-OH is 2. The highest BCUT2D eigenvalue weighted by Crippen LogP contribution is 2.27. The minimum Gasteiger partial charge on any atom is -0.394 e. The Hall–Kier alpha value is -2.06. The fourth-order valence-electron chi connectivity index (χ4n) is 3.57. The Bertz CT molecular complexity index is 759. The number of hydrogen-bond donors (Lipinski definition) is 2. The third-order valence-electron chi connectivity index (χ3n) is 5.14. The lowest BCUT2D eigenvalue weighted by atomic mass is 9.98. The average Bonchev–Trinajstić information content (AvgIpc) is 3.04. The molecule has 3 rings (SSSR count). The quantitative estimate of drug-likeness (QED) is 0.686. The highest BCUT2D eigenvalue weighted by atomic mass is 16.5. The summed E-state index contributed by atoms with van der Waals surface area (Å²) in [5, 5.41) is 19.1. The first-order chi connectivity index (χ1) is 13.4. The molecule has 1 fully saturated rings. The summed E-state index contributed by atoms with van der Waals surface area (Å²) < 4.78 is 11.3. The summed E-state index contributed by atoms with van der Waals surface area (Å²) in [5.41, 5.74) is 2.67. The van der Waals surface area contributed by atoms with Gasteiger partial charge < -0.3 is 19.7 Å². The summed E-state index contributed by atoms with van der Waals surface area (Å²) in [6.45, 7) is 4.37. The fourth-order valence-corrected chi connectivity index (χ4v) is 3.57. The number of amides is 1. The van der Waals surface area contributed by atoms with E-state index in [0.29, 0.717) is 18.1 Å². The van der Waals surface area contributed by atoms with Gasteiger partial charge in [0.1, 0.15) is 12.3 Å². The van der Waals surface area contributed by atoms with Gasteiger partial charge in [-0.25, -0.2) is 0 Å². The van der Waals surface area contributed by atoms with Crippen LogP contribution in [0.15, 0.2) is 36.0 Å². The van der Waals surface area contributed by atoms with Gasteiger partial charge in [0.2, 0.25) is 5.91 Å². The molecule has 0 aliphatic carbocycles.